The molecule has 0 saturated carbocycles. The van der Waals surface area contributed by atoms with E-state index >= 15 is 0 Å². The second-order valence-electron chi connectivity index (χ2n) is 5.40. The average molecular weight is 345 g/mol. The first kappa shape index (κ1) is 16.8. The number of alkyl halides is 1. The minimum absolute atomic E-state index is 0.0346. The van der Waals surface area contributed by atoms with E-state index in [1.54, 1.807) is 30.3 Å². The molecule has 25 heavy (non-hydrogen) atoms. The van der Waals surface area contributed by atoms with Crippen LogP contribution in [0.4, 0.5) is 18.9 Å². The molecule has 7 heteroatoms. The smallest absolute Gasteiger partial charge is 0.259 e. The molecule has 2 aromatic carbocycles. The molecule has 0 aliphatic carbocycles. The number of benzene rings is 2. The fourth-order valence-corrected chi connectivity index (χ4v) is 2.53. The number of aromatic nitrogens is 2. The molecule has 0 spiro atoms. The van der Waals surface area contributed by atoms with Crippen molar-refractivity contribution in [2.24, 2.45) is 7.05 Å². The number of halogens is 3. The molecule has 4 nitrogen and oxygen atoms in total. The van der Waals surface area contributed by atoms with Crippen molar-refractivity contribution in [2.75, 3.05) is 5.32 Å². The predicted molar refractivity (Wildman–Crippen MR) is 87.8 cm³/mol. The lowest BCUT2D eigenvalue weighted by Crippen LogP contribution is -2.15. The van der Waals surface area contributed by atoms with Gasteiger partial charge >= 0.3 is 0 Å². The molecule has 0 saturated heterocycles. The topological polar surface area (TPSA) is 46.9 Å². The van der Waals surface area contributed by atoms with Gasteiger partial charge in [-0.2, -0.15) is 5.10 Å². The SMILES string of the molecule is Cn1cc(C(=O)Nc2c(-c3ccccc3)ccc(F)c2F)c(CF)n1. The van der Waals surface area contributed by atoms with Gasteiger partial charge in [0.15, 0.2) is 11.6 Å². The van der Waals surface area contributed by atoms with Gasteiger partial charge in [-0.15, -0.1) is 0 Å². The third-order valence-electron chi connectivity index (χ3n) is 3.69. The Bertz CT molecular complexity index is 923. The van der Waals surface area contributed by atoms with Crippen molar-refractivity contribution in [2.45, 2.75) is 6.67 Å². The fraction of sp³-hybridized carbons (Fsp3) is 0.111. The predicted octanol–water partition coefficient (Wildman–Crippen LogP) is 4.09. The summed E-state index contributed by atoms with van der Waals surface area (Å²) in [5.41, 5.74) is 0.516. The third-order valence-corrected chi connectivity index (χ3v) is 3.69. The Morgan fingerprint density at radius 2 is 1.88 bits per heavy atom. The Balaban J connectivity index is 2.04. The summed E-state index contributed by atoms with van der Waals surface area (Å²) in [5.74, 6) is -3.03. The Morgan fingerprint density at radius 3 is 2.56 bits per heavy atom. The van der Waals surface area contributed by atoms with Crippen LogP contribution in [-0.2, 0) is 13.7 Å². The van der Waals surface area contributed by atoms with Crippen molar-refractivity contribution in [3.05, 3.63) is 71.6 Å². The van der Waals surface area contributed by atoms with E-state index < -0.39 is 24.2 Å². The standard InChI is InChI=1S/C18H14F3N3O/c1-24-10-13(15(9-19)23-24)18(25)22-17-12(7-8-14(20)16(17)21)11-5-3-2-4-6-11/h2-8,10H,9H2,1H3,(H,22,25). The van der Waals surface area contributed by atoms with Gasteiger partial charge in [0.1, 0.15) is 12.4 Å². The highest BCUT2D eigenvalue weighted by Crippen LogP contribution is 2.32. The summed E-state index contributed by atoms with van der Waals surface area (Å²) < 4.78 is 42.3. The molecule has 0 aliphatic rings. The van der Waals surface area contributed by atoms with Crippen LogP contribution in [0.3, 0.4) is 0 Å². The largest absolute Gasteiger partial charge is 0.319 e. The van der Waals surface area contributed by atoms with Crippen molar-refractivity contribution in [3.63, 3.8) is 0 Å². The zero-order valence-electron chi connectivity index (χ0n) is 13.3. The highest BCUT2D eigenvalue weighted by Gasteiger charge is 2.21. The number of aryl methyl sites for hydroxylation is 1. The summed E-state index contributed by atoms with van der Waals surface area (Å²) in [6.07, 6.45) is 1.32. The van der Waals surface area contributed by atoms with Crippen LogP contribution in [0.15, 0.2) is 48.7 Å². The Morgan fingerprint density at radius 1 is 1.16 bits per heavy atom. The van der Waals surface area contributed by atoms with Crippen LogP contribution in [0.5, 0.6) is 0 Å². The zero-order valence-corrected chi connectivity index (χ0v) is 13.3. The molecule has 128 valence electrons. The van der Waals surface area contributed by atoms with Gasteiger partial charge in [0.05, 0.1) is 11.3 Å². The maximum atomic E-state index is 14.3. The van der Waals surface area contributed by atoms with Crippen LogP contribution in [0, 0.1) is 11.6 Å². The number of nitrogens with one attached hydrogen (secondary N) is 1. The van der Waals surface area contributed by atoms with E-state index in [9.17, 15) is 18.0 Å². The molecule has 3 rings (SSSR count). The lowest BCUT2D eigenvalue weighted by Gasteiger charge is -2.13. The molecule has 0 atom stereocenters. The molecule has 0 radical (unpaired) electrons. The van der Waals surface area contributed by atoms with Crippen molar-refractivity contribution < 1.29 is 18.0 Å². The third kappa shape index (κ3) is 3.26. The number of hydrogen-bond donors (Lipinski definition) is 1. The lowest BCUT2D eigenvalue weighted by atomic mass is 10.0. The molecule has 1 aromatic heterocycles. The first-order valence-electron chi connectivity index (χ1n) is 7.44. The minimum atomic E-state index is -1.18. The fourth-order valence-electron chi connectivity index (χ4n) is 2.53. The molecular formula is C18H14F3N3O. The van der Waals surface area contributed by atoms with E-state index in [-0.39, 0.29) is 16.9 Å². The molecule has 1 heterocycles. The first-order valence-corrected chi connectivity index (χ1v) is 7.44. The van der Waals surface area contributed by atoms with Gasteiger partial charge < -0.3 is 5.32 Å². The van der Waals surface area contributed by atoms with E-state index in [4.69, 9.17) is 0 Å². The van der Waals surface area contributed by atoms with Gasteiger partial charge in [0.2, 0.25) is 0 Å². The number of rotatable bonds is 4. The van der Waals surface area contributed by atoms with Gasteiger partial charge in [-0.3, -0.25) is 9.48 Å². The second kappa shape index (κ2) is 6.80. The highest BCUT2D eigenvalue weighted by molar-refractivity contribution is 6.07. The van der Waals surface area contributed by atoms with E-state index in [2.05, 4.69) is 10.4 Å². The van der Waals surface area contributed by atoms with Crippen molar-refractivity contribution in [1.29, 1.82) is 0 Å². The maximum absolute atomic E-state index is 14.3. The van der Waals surface area contributed by atoms with Gasteiger partial charge in [-0.25, -0.2) is 13.2 Å². The van der Waals surface area contributed by atoms with Crippen LogP contribution >= 0.6 is 0 Å². The van der Waals surface area contributed by atoms with Crippen molar-refractivity contribution in [3.8, 4) is 11.1 Å². The van der Waals surface area contributed by atoms with Crippen molar-refractivity contribution >= 4 is 11.6 Å². The van der Waals surface area contributed by atoms with Crippen LogP contribution in [0.1, 0.15) is 16.1 Å². The van der Waals surface area contributed by atoms with Gasteiger partial charge in [-0.05, 0) is 17.7 Å². The van der Waals surface area contributed by atoms with Gasteiger partial charge in [0, 0.05) is 18.8 Å². The molecule has 0 bridgehead atoms. The Hall–Kier alpha value is -3.09. The summed E-state index contributed by atoms with van der Waals surface area (Å²) in [7, 11) is 1.54. The molecule has 1 N–H and O–H groups in total. The molecule has 3 aromatic rings. The molecule has 0 aliphatic heterocycles. The maximum Gasteiger partial charge on any atom is 0.259 e. The van der Waals surface area contributed by atoms with Crippen LogP contribution < -0.4 is 5.32 Å². The Labute approximate surface area is 141 Å². The van der Waals surface area contributed by atoms with E-state index in [1.165, 1.54) is 24.0 Å². The number of anilines is 1. The first-order chi connectivity index (χ1) is 12.0. The number of carbonyl (C=O) groups excluding carboxylic acids is 1. The lowest BCUT2D eigenvalue weighted by molar-refractivity contribution is 0.102. The summed E-state index contributed by atoms with van der Waals surface area (Å²) in [4.78, 5) is 12.4. The zero-order chi connectivity index (χ0) is 18.0. The Kier molecular flexibility index (Phi) is 4.56. The quantitative estimate of drug-likeness (QED) is 0.774. The second-order valence-corrected chi connectivity index (χ2v) is 5.40. The number of carbonyl (C=O) groups is 1. The summed E-state index contributed by atoms with van der Waals surface area (Å²) in [6, 6.07) is 11.0. The van der Waals surface area contributed by atoms with Crippen molar-refractivity contribution in [1.82, 2.24) is 9.78 Å². The van der Waals surface area contributed by atoms with E-state index in [1.807, 2.05) is 0 Å². The minimum Gasteiger partial charge on any atom is -0.319 e. The molecule has 0 fully saturated rings. The van der Waals surface area contributed by atoms with Crippen LogP contribution in [-0.4, -0.2) is 15.7 Å². The number of amides is 1. The molecule has 0 unspecified atom stereocenters. The number of hydrogen-bond acceptors (Lipinski definition) is 2. The highest BCUT2D eigenvalue weighted by atomic mass is 19.2. The number of nitrogens with zero attached hydrogens (tertiary/aromatic N) is 2. The van der Waals surface area contributed by atoms with Gasteiger partial charge in [-0.1, -0.05) is 30.3 Å². The monoisotopic (exact) mass is 345 g/mol. The summed E-state index contributed by atoms with van der Waals surface area (Å²) >= 11 is 0. The summed E-state index contributed by atoms with van der Waals surface area (Å²) in [6.45, 7) is -0.944. The van der Waals surface area contributed by atoms with Gasteiger partial charge in [0.25, 0.3) is 5.91 Å². The van der Waals surface area contributed by atoms with Crippen LogP contribution in [0.2, 0.25) is 0 Å². The normalized spacial score (nSPS) is 10.7. The van der Waals surface area contributed by atoms with E-state index in [0.717, 1.165) is 6.07 Å². The summed E-state index contributed by atoms with van der Waals surface area (Å²) in [5, 5.41) is 6.17. The van der Waals surface area contributed by atoms with E-state index in [0.29, 0.717) is 11.1 Å². The van der Waals surface area contributed by atoms with Crippen LogP contribution in [0.25, 0.3) is 11.1 Å². The molecule has 1 amide bonds. The average Bonchev–Trinajstić information content (AvgIpc) is 3.01. The molecular weight excluding hydrogens is 331 g/mol.